The number of hydrogen-bond acceptors (Lipinski definition) is 5. The highest BCUT2D eigenvalue weighted by Gasteiger charge is 2.52. The number of nitrogens with zero attached hydrogens (tertiary/aromatic N) is 1. The Morgan fingerprint density at radius 1 is 1.25 bits per heavy atom. The van der Waals surface area contributed by atoms with Crippen molar-refractivity contribution in [2.75, 3.05) is 7.11 Å². The molecule has 2 aromatic rings. The molecule has 1 fully saturated rings. The van der Waals surface area contributed by atoms with Crippen molar-refractivity contribution in [2.24, 2.45) is 0 Å². The summed E-state index contributed by atoms with van der Waals surface area (Å²) in [6.45, 7) is 8.11. The van der Waals surface area contributed by atoms with Gasteiger partial charge < -0.3 is 14.0 Å². The summed E-state index contributed by atoms with van der Waals surface area (Å²) in [5.41, 5.74) is 1.61. The van der Waals surface area contributed by atoms with E-state index in [-0.39, 0.29) is 5.97 Å². The Balaban J connectivity index is 2.12. The van der Waals surface area contributed by atoms with Crippen LogP contribution in [0.2, 0.25) is 0 Å². The van der Waals surface area contributed by atoms with E-state index in [1.807, 2.05) is 50.0 Å². The van der Waals surface area contributed by atoms with Gasteiger partial charge in [0, 0.05) is 47.4 Å². The topological polar surface area (TPSA) is 49.7 Å². The van der Waals surface area contributed by atoms with Crippen LogP contribution in [0.15, 0.2) is 24.4 Å². The zero-order valence-corrected chi connectivity index (χ0v) is 17.2. The zero-order valence-electron chi connectivity index (χ0n) is 14.3. The Morgan fingerprint density at radius 3 is 2.42 bits per heavy atom. The van der Waals surface area contributed by atoms with E-state index in [4.69, 9.17) is 14.0 Å². The van der Waals surface area contributed by atoms with E-state index in [0.29, 0.717) is 5.56 Å². The molecule has 0 radical (unpaired) electrons. The van der Waals surface area contributed by atoms with Gasteiger partial charge in [-0.3, -0.25) is 3.97 Å². The minimum atomic E-state index is -0.477. The van der Waals surface area contributed by atoms with Crippen LogP contribution < -0.4 is 5.46 Å². The third-order valence-corrected chi connectivity index (χ3v) is 6.53. The molecule has 0 atom stereocenters. The number of esters is 1. The second kappa shape index (κ2) is 6.23. The van der Waals surface area contributed by atoms with Crippen molar-refractivity contribution in [3.8, 4) is 0 Å². The number of hydrogen-bond donors (Lipinski definition) is 0. The number of carbonyl (C=O) groups excluding carboxylic acids is 1. The highest BCUT2D eigenvalue weighted by Crippen LogP contribution is 2.37. The van der Waals surface area contributed by atoms with E-state index in [2.05, 4.69) is 21.2 Å². The molecule has 0 N–H and O–H groups in total. The molecule has 8 heteroatoms. The maximum absolute atomic E-state index is 11.9. The summed E-state index contributed by atoms with van der Waals surface area (Å²) in [4.78, 5) is 11.9. The van der Waals surface area contributed by atoms with Crippen LogP contribution in [-0.2, 0) is 14.0 Å². The smallest absolute Gasteiger partial charge is 0.465 e. The maximum Gasteiger partial charge on any atom is 0.497 e. The monoisotopic (exact) mass is 459 g/mol. The third-order valence-electron chi connectivity index (χ3n) is 4.80. The van der Waals surface area contributed by atoms with Gasteiger partial charge in [-0.2, -0.15) is 0 Å². The van der Waals surface area contributed by atoms with Crippen LogP contribution in [0.4, 0.5) is 0 Å². The average Bonchev–Trinajstić information content (AvgIpc) is 3.00. The Hall–Kier alpha value is -0.705. The van der Waals surface area contributed by atoms with Crippen LogP contribution in [-0.4, -0.2) is 35.4 Å². The predicted octanol–water partition coefficient (Wildman–Crippen LogP) is 3.57. The fourth-order valence-corrected chi connectivity index (χ4v) is 4.05. The van der Waals surface area contributed by atoms with Crippen LogP contribution >= 0.6 is 30.3 Å². The molecule has 1 aliphatic rings. The molecule has 1 aromatic heterocycles. The summed E-state index contributed by atoms with van der Waals surface area (Å²) >= 11 is 2.23. The lowest BCUT2D eigenvalue weighted by Crippen LogP contribution is -2.41. The first kappa shape index (κ1) is 18.1. The lowest BCUT2D eigenvalue weighted by atomic mass is 9.79. The molecule has 0 amide bonds. The van der Waals surface area contributed by atoms with Crippen LogP contribution in [0.1, 0.15) is 38.1 Å². The third kappa shape index (κ3) is 2.87. The second-order valence-electron chi connectivity index (χ2n) is 6.79. The number of aromatic nitrogens is 1. The molecule has 0 unspecified atom stereocenters. The summed E-state index contributed by atoms with van der Waals surface area (Å²) in [6.07, 6.45) is 2.00. The van der Waals surface area contributed by atoms with E-state index in [1.165, 1.54) is 7.11 Å². The quantitative estimate of drug-likeness (QED) is 0.399. The van der Waals surface area contributed by atoms with Crippen molar-refractivity contribution in [3.05, 3.63) is 30.0 Å². The van der Waals surface area contributed by atoms with Gasteiger partial charge >= 0.3 is 13.1 Å². The lowest BCUT2D eigenvalue weighted by molar-refractivity contribution is 0.00578. The van der Waals surface area contributed by atoms with Gasteiger partial charge in [0.15, 0.2) is 0 Å². The SMILES string of the molecule is COC(=O)c1ccc2c(c1)c(B1OC(C)(C)C(C)(C)O1)cn2SI. The highest BCUT2D eigenvalue weighted by atomic mass is 127. The van der Waals surface area contributed by atoms with E-state index < -0.39 is 18.3 Å². The van der Waals surface area contributed by atoms with Crippen molar-refractivity contribution >= 4 is 59.8 Å². The van der Waals surface area contributed by atoms with Gasteiger partial charge in [0.1, 0.15) is 0 Å². The Bertz CT molecular complexity index is 789. The van der Waals surface area contributed by atoms with E-state index >= 15 is 0 Å². The van der Waals surface area contributed by atoms with E-state index in [9.17, 15) is 4.79 Å². The van der Waals surface area contributed by atoms with Gasteiger partial charge in [-0.1, -0.05) is 0 Å². The molecule has 24 heavy (non-hydrogen) atoms. The molecular weight excluding hydrogens is 440 g/mol. The minimum absolute atomic E-state index is 0.355. The number of carbonyl (C=O) groups is 1. The first-order chi connectivity index (χ1) is 11.2. The first-order valence-corrected chi connectivity index (χ1v) is 10.9. The summed E-state index contributed by atoms with van der Waals surface area (Å²) in [7, 11) is 2.46. The molecule has 1 aliphatic heterocycles. The molecule has 0 bridgehead atoms. The molecule has 3 rings (SSSR count). The molecule has 2 heterocycles. The number of benzene rings is 1. The molecule has 1 aromatic carbocycles. The number of halogens is 1. The predicted molar refractivity (Wildman–Crippen MR) is 106 cm³/mol. The molecule has 0 saturated carbocycles. The summed E-state index contributed by atoms with van der Waals surface area (Å²) in [5.74, 6) is -0.355. The van der Waals surface area contributed by atoms with Gasteiger partial charge in [-0.15, -0.1) is 0 Å². The largest absolute Gasteiger partial charge is 0.497 e. The van der Waals surface area contributed by atoms with Crippen LogP contribution in [0.3, 0.4) is 0 Å². The minimum Gasteiger partial charge on any atom is -0.465 e. The molecular formula is C16H19BINO4S. The Kier molecular flexibility index (Phi) is 4.70. The summed E-state index contributed by atoms with van der Waals surface area (Å²) in [5, 5.41) is 0.931. The second-order valence-corrected chi connectivity index (χ2v) is 8.50. The lowest BCUT2D eigenvalue weighted by Gasteiger charge is -2.32. The van der Waals surface area contributed by atoms with Crippen molar-refractivity contribution in [1.29, 1.82) is 0 Å². The Morgan fingerprint density at radius 2 is 1.88 bits per heavy atom. The van der Waals surface area contributed by atoms with Gasteiger partial charge in [-0.25, -0.2) is 4.79 Å². The summed E-state index contributed by atoms with van der Waals surface area (Å²) in [6, 6.07) is 5.53. The normalized spacial score (nSPS) is 19.0. The molecule has 0 spiro atoms. The molecule has 1 saturated heterocycles. The number of rotatable bonds is 3. The van der Waals surface area contributed by atoms with Gasteiger partial charge in [0.2, 0.25) is 0 Å². The molecule has 5 nitrogen and oxygen atoms in total. The van der Waals surface area contributed by atoms with E-state index in [0.717, 1.165) is 16.4 Å². The number of ether oxygens (including phenoxy) is 1. The Labute approximate surface area is 158 Å². The van der Waals surface area contributed by atoms with Crippen LogP contribution in [0, 0.1) is 0 Å². The fraction of sp³-hybridized carbons (Fsp3) is 0.438. The van der Waals surface area contributed by atoms with Crippen LogP contribution in [0.5, 0.6) is 0 Å². The summed E-state index contributed by atoms with van der Waals surface area (Å²) < 4.78 is 19.2. The first-order valence-electron chi connectivity index (χ1n) is 7.58. The molecule has 0 aliphatic carbocycles. The van der Waals surface area contributed by atoms with Crippen molar-refractivity contribution < 1.29 is 18.8 Å². The number of methoxy groups -OCH3 is 1. The van der Waals surface area contributed by atoms with Crippen molar-refractivity contribution in [1.82, 2.24) is 3.97 Å². The van der Waals surface area contributed by atoms with Crippen molar-refractivity contribution in [3.63, 3.8) is 0 Å². The standard InChI is InChI=1S/C16H19BINO4S/c1-15(2)16(3,4)23-17(22-15)12-9-19(24-18)13-7-6-10(8-11(12)13)14(20)21-5/h6-9H,1-5H3. The average molecular weight is 459 g/mol. The van der Waals surface area contributed by atoms with Gasteiger partial charge in [-0.05, 0) is 45.9 Å². The maximum atomic E-state index is 11.9. The van der Waals surface area contributed by atoms with Gasteiger partial charge in [0.25, 0.3) is 0 Å². The fourth-order valence-electron chi connectivity index (χ4n) is 2.68. The number of fused-ring (bicyclic) bond motifs is 1. The van der Waals surface area contributed by atoms with Gasteiger partial charge in [0.05, 0.1) is 29.4 Å². The van der Waals surface area contributed by atoms with E-state index in [1.54, 1.807) is 15.2 Å². The highest BCUT2D eigenvalue weighted by molar-refractivity contribution is 14.2. The zero-order chi connectivity index (χ0) is 17.7. The van der Waals surface area contributed by atoms with Crippen molar-refractivity contribution in [2.45, 2.75) is 38.9 Å². The van der Waals surface area contributed by atoms with Crippen LogP contribution in [0.25, 0.3) is 10.9 Å². The molecule has 128 valence electrons.